The first-order valence-corrected chi connectivity index (χ1v) is 8.36. The van der Waals surface area contributed by atoms with Gasteiger partial charge in [-0.3, -0.25) is 4.72 Å². The molecule has 2 N–H and O–H groups in total. The Morgan fingerprint density at radius 2 is 2.00 bits per heavy atom. The van der Waals surface area contributed by atoms with Crippen molar-refractivity contribution in [3.05, 3.63) is 47.8 Å². The van der Waals surface area contributed by atoms with Crippen LogP contribution in [0.5, 0.6) is 0 Å². The van der Waals surface area contributed by atoms with E-state index < -0.39 is 10.0 Å². The van der Waals surface area contributed by atoms with Crippen molar-refractivity contribution in [3.63, 3.8) is 0 Å². The first-order chi connectivity index (χ1) is 9.92. The first-order valence-electron chi connectivity index (χ1n) is 6.88. The second-order valence-corrected chi connectivity index (χ2v) is 6.72. The molecule has 0 aliphatic carbocycles. The van der Waals surface area contributed by atoms with Crippen LogP contribution in [0.25, 0.3) is 0 Å². The quantitative estimate of drug-likeness (QED) is 0.860. The molecule has 0 radical (unpaired) electrons. The summed E-state index contributed by atoms with van der Waals surface area (Å²) >= 11 is 0. The number of aromatic nitrogens is 1. The zero-order valence-electron chi connectivity index (χ0n) is 12.6. The second-order valence-electron chi connectivity index (χ2n) is 5.03. The van der Waals surface area contributed by atoms with E-state index in [4.69, 9.17) is 0 Å². The highest BCUT2D eigenvalue weighted by Gasteiger charge is 2.17. The lowest BCUT2D eigenvalue weighted by molar-refractivity contribution is 0.601. The fourth-order valence-electron chi connectivity index (χ4n) is 2.08. The Bertz CT molecular complexity index is 720. The third-order valence-corrected chi connectivity index (χ3v) is 4.57. The van der Waals surface area contributed by atoms with E-state index in [-0.39, 0.29) is 4.90 Å². The van der Waals surface area contributed by atoms with Crippen LogP contribution in [0.1, 0.15) is 18.2 Å². The van der Waals surface area contributed by atoms with E-state index in [1.54, 1.807) is 24.4 Å². The van der Waals surface area contributed by atoms with Gasteiger partial charge in [0.1, 0.15) is 4.90 Å². The van der Waals surface area contributed by atoms with Crippen molar-refractivity contribution in [1.82, 2.24) is 9.88 Å². The van der Waals surface area contributed by atoms with Gasteiger partial charge in [-0.15, -0.1) is 0 Å². The molecule has 0 unspecified atom stereocenters. The number of nitrogens with zero attached hydrogens (tertiary/aromatic N) is 1. The van der Waals surface area contributed by atoms with Crippen LogP contribution in [0.4, 0.5) is 5.69 Å². The molecule has 21 heavy (non-hydrogen) atoms. The van der Waals surface area contributed by atoms with Gasteiger partial charge in [0.05, 0.1) is 0 Å². The Morgan fingerprint density at radius 3 is 2.67 bits per heavy atom. The van der Waals surface area contributed by atoms with Crippen LogP contribution < -0.4 is 10.0 Å². The Hall–Kier alpha value is -1.79. The van der Waals surface area contributed by atoms with Crippen LogP contribution in [0, 0.1) is 6.92 Å². The maximum Gasteiger partial charge on any atom is 0.263 e. The third-order valence-electron chi connectivity index (χ3n) is 3.22. The number of rotatable bonds is 6. The normalized spacial score (nSPS) is 11.6. The molecule has 1 aromatic heterocycles. The smallest absolute Gasteiger partial charge is 0.263 e. The molecule has 0 aliphatic rings. The van der Waals surface area contributed by atoms with Crippen molar-refractivity contribution in [2.45, 2.75) is 25.3 Å². The molecule has 0 spiro atoms. The van der Waals surface area contributed by atoms with Gasteiger partial charge in [-0.25, -0.2) is 8.42 Å². The molecule has 0 bridgehead atoms. The van der Waals surface area contributed by atoms with Gasteiger partial charge in [-0.2, -0.15) is 0 Å². The lowest BCUT2D eigenvalue weighted by atomic mass is 10.2. The molecule has 0 amide bonds. The van der Waals surface area contributed by atoms with Gasteiger partial charge in [0, 0.05) is 31.2 Å². The minimum absolute atomic E-state index is 0.277. The minimum Gasteiger partial charge on any atom is -0.352 e. The maximum atomic E-state index is 12.4. The predicted octanol–water partition coefficient (Wildman–Crippen LogP) is 2.24. The van der Waals surface area contributed by atoms with Crippen LogP contribution in [-0.4, -0.2) is 19.5 Å². The van der Waals surface area contributed by atoms with E-state index in [0.717, 1.165) is 17.8 Å². The second kappa shape index (κ2) is 6.32. The summed E-state index contributed by atoms with van der Waals surface area (Å²) in [6.45, 7) is 5.43. The molecule has 0 saturated carbocycles. The predicted molar refractivity (Wildman–Crippen MR) is 84.8 cm³/mol. The van der Waals surface area contributed by atoms with Gasteiger partial charge in [-0.05, 0) is 37.2 Å². The molecular formula is C15H21N3O2S. The number of hydrogen-bond donors (Lipinski definition) is 2. The number of aryl methyl sites for hydroxylation is 2. The monoisotopic (exact) mass is 307 g/mol. The highest BCUT2D eigenvalue weighted by Crippen LogP contribution is 2.19. The first kappa shape index (κ1) is 15.6. The maximum absolute atomic E-state index is 12.4. The van der Waals surface area contributed by atoms with Gasteiger partial charge in [0.25, 0.3) is 10.0 Å². The van der Waals surface area contributed by atoms with E-state index in [9.17, 15) is 8.42 Å². The van der Waals surface area contributed by atoms with E-state index in [0.29, 0.717) is 12.2 Å². The fourth-order valence-corrected chi connectivity index (χ4v) is 3.22. The Labute approximate surface area is 126 Å². The summed E-state index contributed by atoms with van der Waals surface area (Å²) in [5.41, 5.74) is 2.52. The van der Waals surface area contributed by atoms with E-state index in [1.165, 1.54) is 0 Å². The van der Waals surface area contributed by atoms with Crippen LogP contribution in [0.2, 0.25) is 0 Å². The van der Waals surface area contributed by atoms with E-state index >= 15 is 0 Å². The average molecular weight is 307 g/mol. The molecule has 0 aliphatic heterocycles. The van der Waals surface area contributed by atoms with Crippen molar-refractivity contribution in [3.8, 4) is 0 Å². The Balaban J connectivity index is 2.23. The molecule has 6 heteroatoms. The Kier molecular flexibility index (Phi) is 4.69. The van der Waals surface area contributed by atoms with Crippen molar-refractivity contribution < 1.29 is 8.42 Å². The van der Waals surface area contributed by atoms with E-state index in [1.807, 2.05) is 37.6 Å². The van der Waals surface area contributed by atoms with Gasteiger partial charge >= 0.3 is 0 Å². The molecule has 2 aromatic rings. The van der Waals surface area contributed by atoms with Gasteiger partial charge in [-0.1, -0.05) is 19.1 Å². The zero-order valence-corrected chi connectivity index (χ0v) is 13.4. The van der Waals surface area contributed by atoms with Crippen molar-refractivity contribution in [2.24, 2.45) is 7.05 Å². The summed E-state index contributed by atoms with van der Waals surface area (Å²) in [7, 11) is -1.71. The van der Waals surface area contributed by atoms with Crippen molar-refractivity contribution in [2.75, 3.05) is 11.3 Å². The standard InChI is InChI=1S/C15H21N3O2S/c1-4-16-10-14-9-15(11-18(14)3)21(19,20)17-13-7-5-6-12(2)8-13/h5-9,11,16-17H,4,10H2,1-3H3. The van der Waals surface area contributed by atoms with Gasteiger partial charge < -0.3 is 9.88 Å². The number of anilines is 1. The molecular weight excluding hydrogens is 286 g/mol. The van der Waals surface area contributed by atoms with Crippen LogP contribution in [-0.2, 0) is 23.6 Å². The van der Waals surface area contributed by atoms with Crippen LogP contribution >= 0.6 is 0 Å². The number of nitrogens with one attached hydrogen (secondary N) is 2. The zero-order chi connectivity index (χ0) is 15.5. The summed E-state index contributed by atoms with van der Waals surface area (Å²) in [4.78, 5) is 0.277. The molecule has 0 saturated heterocycles. The van der Waals surface area contributed by atoms with Gasteiger partial charge in [0.2, 0.25) is 0 Å². The number of hydrogen-bond acceptors (Lipinski definition) is 3. The summed E-state index contributed by atoms with van der Waals surface area (Å²) in [5.74, 6) is 0. The molecule has 0 atom stereocenters. The Morgan fingerprint density at radius 1 is 1.24 bits per heavy atom. The highest BCUT2D eigenvalue weighted by molar-refractivity contribution is 7.92. The lowest BCUT2D eigenvalue weighted by Crippen LogP contribution is -2.14. The number of benzene rings is 1. The molecule has 1 heterocycles. The summed E-state index contributed by atoms with van der Waals surface area (Å²) in [6, 6.07) is 9.00. The van der Waals surface area contributed by atoms with Crippen LogP contribution in [0.3, 0.4) is 0 Å². The lowest BCUT2D eigenvalue weighted by Gasteiger charge is -2.06. The molecule has 2 rings (SSSR count). The highest BCUT2D eigenvalue weighted by atomic mass is 32.2. The summed E-state index contributed by atoms with van der Waals surface area (Å²) < 4.78 is 29.3. The van der Waals surface area contributed by atoms with Crippen molar-refractivity contribution in [1.29, 1.82) is 0 Å². The molecule has 5 nitrogen and oxygen atoms in total. The minimum atomic E-state index is -3.56. The summed E-state index contributed by atoms with van der Waals surface area (Å²) in [5, 5.41) is 3.19. The molecule has 0 fully saturated rings. The fraction of sp³-hybridized carbons (Fsp3) is 0.333. The van der Waals surface area contributed by atoms with Gasteiger partial charge in [0.15, 0.2) is 0 Å². The van der Waals surface area contributed by atoms with E-state index in [2.05, 4.69) is 10.0 Å². The average Bonchev–Trinajstić information content (AvgIpc) is 2.78. The third kappa shape index (κ3) is 3.86. The summed E-state index contributed by atoms with van der Waals surface area (Å²) in [6.07, 6.45) is 1.63. The van der Waals surface area contributed by atoms with Crippen molar-refractivity contribution >= 4 is 15.7 Å². The largest absolute Gasteiger partial charge is 0.352 e. The molecule has 114 valence electrons. The molecule has 1 aromatic carbocycles. The topological polar surface area (TPSA) is 63.1 Å². The van der Waals surface area contributed by atoms with Crippen LogP contribution in [0.15, 0.2) is 41.4 Å². The number of sulfonamides is 1. The SMILES string of the molecule is CCNCc1cc(S(=O)(=O)Nc2cccc(C)c2)cn1C.